The molecule has 1 aromatic carbocycles. The number of hydrogen-bond acceptors (Lipinski definition) is 4. The fraction of sp³-hybridized carbons (Fsp3) is 0.632. The monoisotopic (exact) mass is 350 g/mol. The molecule has 2 atom stereocenters. The topological polar surface area (TPSA) is 61.4 Å². The summed E-state index contributed by atoms with van der Waals surface area (Å²) in [5, 5.41) is 15.6. The molecule has 1 amide bonds. The van der Waals surface area contributed by atoms with E-state index in [0.29, 0.717) is 13.0 Å². The summed E-state index contributed by atoms with van der Waals surface area (Å²) in [5.41, 5.74) is 2.09. The van der Waals surface area contributed by atoms with Crippen LogP contribution in [-0.2, 0) is 11.2 Å². The molecule has 0 radical (unpaired) electrons. The summed E-state index contributed by atoms with van der Waals surface area (Å²) in [6, 6.07) is 7.55. The summed E-state index contributed by atoms with van der Waals surface area (Å²) < 4.78 is 0. The van der Waals surface area contributed by atoms with Gasteiger partial charge in [0.25, 0.3) is 0 Å². The predicted octanol–water partition coefficient (Wildman–Crippen LogP) is 3.20. The second-order valence-electron chi connectivity index (χ2n) is 6.40. The highest BCUT2D eigenvalue weighted by Gasteiger charge is 2.30. The van der Waals surface area contributed by atoms with Crippen molar-refractivity contribution in [3.8, 4) is 0 Å². The molecule has 3 N–H and O–H groups in total. The Balaban J connectivity index is 1.66. The van der Waals surface area contributed by atoms with Crippen molar-refractivity contribution in [3.63, 3.8) is 0 Å². The third-order valence-electron chi connectivity index (χ3n) is 4.37. The molecular formula is C19H30N2O2S. The van der Waals surface area contributed by atoms with Crippen LogP contribution in [0.3, 0.4) is 0 Å². The summed E-state index contributed by atoms with van der Waals surface area (Å²) >= 11 is 2.02. The molecule has 1 aliphatic heterocycles. The number of anilines is 1. The minimum absolute atomic E-state index is 0.157. The summed E-state index contributed by atoms with van der Waals surface area (Å²) in [7, 11) is 0. The fourth-order valence-electron chi connectivity index (χ4n) is 2.85. The Bertz CT molecular complexity index is 493. The Labute approximate surface area is 149 Å². The molecule has 2 rings (SSSR count). The minimum atomic E-state index is -0.585. The van der Waals surface area contributed by atoms with Crippen molar-refractivity contribution < 1.29 is 9.90 Å². The lowest BCUT2D eigenvalue weighted by Gasteiger charge is -2.14. The number of benzene rings is 1. The van der Waals surface area contributed by atoms with E-state index in [2.05, 4.69) is 29.7 Å². The van der Waals surface area contributed by atoms with Gasteiger partial charge in [-0.3, -0.25) is 4.79 Å². The molecule has 1 fully saturated rings. The van der Waals surface area contributed by atoms with E-state index in [1.54, 1.807) is 0 Å². The Morgan fingerprint density at radius 2 is 2.04 bits per heavy atom. The second kappa shape index (κ2) is 10.7. The van der Waals surface area contributed by atoms with E-state index >= 15 is 0 Å². The van der Waals surface area contributed by atoms with Crippen molar-refractivity contribution in [2.75, 3.05) is 23.4 Å². The van der Waals surface area contributed by atoms with Crippen molar-refractivity contribution in [3.05, 3.63) is 29.8 Å². The Morgan fingerprint density at radius 3 is 2.71 bits per heavy atom. The van der Waals surface area contributed by atoms with Crippen LogP contribution in [-0.4, -0.2) is 41.2 Å². The Morgan fingerprint density at radius 1 is 1.25 bits per heavy atom. The lowest BCUT2D eigenvalue weighted by atomic mass is 10.1. The lowest BCUT2D eigenvalue weighted by molar-refractivity contribution is -0.119. The number of aliphatic hydroxyl groups excluding tert-OH is 1. The number of carbonyl (C=O) groups is 1. The van der Waals surface area contributed by atoms with Crippen molar-refractivity contribution in [1.29, 1.82) is 0 Å². The molecule has 134 valence electrons. The minimum Gasteiger partial charge on any atom is -0.391 e. The molecule has 5 heteroatoms. The summed E-state index contributed by atoms with van der Waals surface area (Å²) in [4.78, 5) is 12.1. The van der Waals surface area contributed by atoms with Crippen LogP contribution in [0, 0.1) is 0 Å². The van der Waals surface area contributed by atoms with E-state index in [4.69, 9.17) is 0 Å². The van der Waals surface area contributed by atoms with Gasteiger partial charge < -0.3 is 15.7 Å². The van der Waals surface area contributed by atoms with Gasteiger partial charge in [-0.05, 0) is 55.0 Å². The number of carbonyl (C=O) groups excluding carboxylic acids is 1. The highest BCUT2D eigenvalue weighted by molar-refractivity contribution is 7.99. The zero-order valence-electron chi connectivity index (χ0n) is 14.6. The van der Waals surface area contributed by atoms with Gasteiger partial charge >= 0.3 is 0 Å². The first-order valence-electron chi connectivity index (χ1n) is 9.09. The van der Waals surface area contributed by atoms with Crippen LogP contribution in [0.2, 0.25) is 0 Å². The molecule has 1 aromatic rings. The smallest absolute Gasteiger partial charge is 0.244 e. The number of rotatable bonds is 10. The summed E-state index contributed by atoms with van der Waals surface area (Å²) in [6.07, 6.45) is 6.43. The fourth-order valence-corrected chi connectivity index (χ4v) is 3.85. The molecule has 1 heterocycles. The van der Waals surface area contributed by atoms with Gasteiger partial charge in [-0.2, -0.15) is 11.8 Å². The van der Waals surface area contributed by atoms with Crippen LogP contribution in [0.4, 0.5) is 5.69 Å². The van der Waals surface area contributed by atoms with Crippen molar-refractivity contribution in [2.24, 2.45) is 0 Å². The maximum absolute atomic E-state index is 12.1. The van der Waals surface area contributed by atoms with Crippen LogP contribution in [0.25, 0.3) is 0 Å². The molecule has 0 saturated carbocycles. The van der Waals surface area contributed by atoms with E-state index in [9.17, 15) is 9.90 Å². The molecule has 0 spiro atoms. The largest absolute Gasteiger partial charge is 0.391 e. The average Bonchev–Trinajstić information content (AvgIpc) is 3.02. The van der Waals surface area contributed by atoms with E-state index in [1.807, 2.05) is 23.9 Å². The zero-order chi connectivity index (χ0) is 17.2. The average molecular weight is 351 g/mol. The zero-order valence-corrected chi connectivity index (χ0v) is 15.4. The van der Waals surface area contributed by atoms with Gasteiger partial charge in [0.15, 0.2) is 0 Å². The van der Waals surface area contributed by atoms with Gasteiger partial charge in [-0.1, -0.05) is 38.3 Å². The van der Waals surface area contributed by atoms with E-state index in [0.717, 1.165) is 17.9 Å². The van der Waals surface area contributed by atoms with Gasteiger partial charge in [0.1, 0.15) is 6.04 Å². The second-order valence-corrected chi connectivity index (χ2v) is 7.62. The number of hydrogen-bond donors (Lipinski definition) is 3. The van der Waals surface area contributed by atoms with Crippen LogP contribution < -0.4 is 10.6 Å². The van der Waals surface area contributed by atoms with Gasteiger partial charge in [0.05, 0.1) is 6.10 Å². The maximum Gasteiger partial charge on any atom is 0.244 e. The molecular weight excluding hydrogens is 320 g/mol. The number of aryl methyl sites for hydroxylation is 1. The number of aliphatic hydroxyl groups is 1. The highest BCUT2D eigenvalue weighted by Crippen LogP contribution is 2.15. The molecule has 0 aliphatic carbocycles. The Kier molecular flexibility index (Phi) is 8.64. The normalized spacial score (nSPS) is 20.2. The quantitative estimate of drug-likeness (QED) is 0.567. The maximum atomic E-state index is 12.1. The highest BCUT2D eigenvalue weighted by atomic mass is 32.2. The van der Waals surface area contributed by atoms with Crippen LogP contribution in [0.5, 0.6) is 0 Å². The van der Waals surface area contributed by atoms with Crippen molar-refractivity contribution in [2.45, 2.75) is 57.6 Å². The van der Waals surface area contributed by atoms with E-state index in [1.165, 1.54) is 37.0 Å². The van der Waals surface area contributed by atoms with E-state index in [-0.39, 0.29) is 5.91 Å². The van der Waals surface area contributed by atoms with Crippen LogP contribution >= 0.6 is 11.8 Å². The van der Waals surface area contributed by atoms with Crippen molar-refractivity contribution in [1.82, 2.24) is 5.32 Å². The standard InChI is InChI=1S/C19H30N2O2S/c1-2-3-4-5-13-24-14-11-15-6-8-16(9-7-15)21-19(23)18-17(22)10-12-20-18/h6-9,17-18,20,22H,2-5,10-14H2,1H3,(H,21,23). The Hall–Kier alpha value is -1.04. The van der Waals surface area contributed by atoms with Crippen LogP contribution in [0.15, 0.2) is 24.3 Å². The van der Waals surface area contributed by atoms with Gasteiger partial charge in [0, 0.05) is 5.69 Å². The predicted molar refractivity (Wildman–Crippen MR) is 103 cm³/mol. The van der Waals surface area contributed by atoms with Crippen LogP contribution in [0.1, 0.15) is 44.6 Å². The summed E-state index contributed by atoms with van der Waals surface area (Å²) in [5.74, 6) is 2.25. The SMILES string of the molecule is CCCCCCSCCc1ccc(NC(=O)C2NCCC2O)cc1. The molecule has 4 nitrogen and oxygen atoms in total. The molecule has 0 aromatic heterocycles. The number of amides is 1. The van der Waals surface area contributed by atoms with E-state index < -0.39 is 12.1 Å². The van der Waals surface area contributed by atoms with Gasteiger partial charge in [-0.15, -0.1) is 0 Å². The third kappa shape index (κ3) is 6.46. The van der Waals surface area contributed by atoms with Gasteiger partial charge in [-0.25, -0.2) is 0 Å². The summed E-state index contributed by atoms with van der Waals surface area (Å²) in [6.45, 7) is 2.93. The first-order valence-corrected chi connectivity index (χ1v) is 10.2. The molecule has 1 aliphatic rings. The first kappa shape index (κ1) is 19.3. The number of unbranched alkanes of at least 4 members (excludes halogenated alkanes) is 3. The first-order chi connectivity index (χ1) is 11.7. The molecule has 2 unspecified atom stereocenters. The number of thioether (sulfide) groups is 1. The molecule has 0 bridgehead atoms. The lowest BCUT2D eigenvalue weighted by Crippen LogP contribution is -2.42. The molecule has 24 heavy (non-hydrogen) atoms. The van der Waals surface area contributed by atoms with Gasteiger partial charge in [0.2, 0.25) is 5.91 Å². The molecule has 1 saturated heterocycles. The number of nitrogens with one attached hydrogen (secondary N) is 2. The third-order valence-corrected chi connectivity index (χ3v) is 5.44. The van der Waals surface area contributed by atoms with Crippen molar-refractivity contribution >= 4 is 23.4 Å².